The van der Waals surface area contributed by atoms with Crippen molar-refractivity contribution in [2.75, 3.05) is 14.1 Å². The van der Waals surface area contributed by atoms with Gasteiger partial charge in [0.1, 0.15) is 0 Å². The first kappa shape index (κ1) is 18.2. The summed E-state index contributed by atoms with van der Waals surface area (Å²) in [6.07, 6.45) is 0. The average molecular weight is 357 g/mol. The molecule has 0 bridgehead atoms. The molecule has 0 aromatic heterocycles. The van der Waals surface area contributed by atoms with Crippen LogP contribution >= 0.6 is 0 Å². The van der Waals surface area contributed by atoms with Crippen LogP contribution in [0.2, 0.25) is 0 Å². The van der Waals surface area contributed by atoms with E-state index >= 15 is 0 Å². The van der Waals surface area contributed by atoms with Crippen LogP contribution in [0.1, 0.15) is 35.2 Å². The minimum absolute atomic E-state index is 0.233. The second-order valence-electron chi connectivity index (χ2n) is 7.01. The van der Waals surface area contributed by atoms with E-state index in [-0.39, 0.29) is 12.1 Å². The predicted octanol–water partition coefficient (Wildman–Crippen LogP) is 3.38. The molecule has 2 N–H and O–H groups in total. The smallest absolute Gasteiger partial charge is 0.317 e. The minimum Gasteiger partial charge on any atom is -0.505 e. The molecular formula is C20H24FN3O2. The van der Waals surface area contributed by atoms with Crippen molar-refractivity contribution >= 4 is 6.03 Å². The van der Waals surface area contributed by atoms with Crippen LogP contribution in [0, 0.1) is 5.82 Å². The number of phenols is 1. The lowest BCUT2D eigenvalue weighted by Crippen LogP contribution is -2.38. The van der Waals surface area contributed by atoms with Crippen molar-refractivity contribution in [1.82, 2.24) is 15.1 Å². The Kier molecular flexibility index (Phi) is 5.13. The van der Waals surface area contributed by atoms with Gasteiger partial charge in [0.05, 0.1) is 6.04 Å². The highest BCUT2D eigenvalue weighted by Gasteiger charge is 2.18. The molecule has 2 amide bonds. The Bertz CT molecular complexity index is 825. The molecule has 1 aliphatic heterocycles. The molecule has 26 heavy (non-hydrogen) atoms. The molecule has 1 aliphatic rings. The highest BCUT2D eigenvalue weighted by atomic mass is 19.1. The third-order valence-electron chi connectivity index (χ3n) is 4.73. The van der Waals surface area contributed by atoms with Gasteiger partial charge in [0.15, 0.2) is 11.6 Å². The molecule has 0 saturated carbocycles. The predicted molar refractivity (Wildman–Crippen MR) is 98.1 cm³/mol. The fourth-order valence-electron chi connectivity index (χ4n) is 3.23. The third-order valence-corrected chi connectivity index (χ3v) is 4.73. The lowest BCUT2D eigenvalue weighted by atomic mass is 10.1. The van der Waals surface area contributed by atoms with Crippen molar-refractivity contribution in [2.45, 2.75) is 32.6 Å². The monoisotopic (exact) mass is 357 g/mol. The van der Waals surface area contributed by atoms with Gasteiger partial charge >= 0.3 is 6.03 Å². The van der Waals surface area contributed by atoms with Gasteiger partial charge in [-0.15, -0.1) is 0 Å². The lowest BCUT2D eigenvalue weighted by molar-refractivity contribution is 0.203. The molecule has 0 aliphatic carbocycles. The summed E-state index contributed by atoms with van der Waals surface area (Å²) in [6.45, 7) is 4.18. The van der Waals surface area contributed by atoms with E-state index in [1.54, 1.807) is 24.9 Å². The van der Waals surface area contributed by atoms with Gasteiger partial charge in [-0.3, -0.25) is 4.90 Å². The maximum absolute atomic E-state index is 13.5. The van der Waals surface area contributed by atoms with Crippen molar-refractivity contribution in [3.8, 4) is 5.75 Å². The lowest BCUT2D eigenvalue weighted by Gasteiger charge is -2.22. The number of urea groups is 1. The van der Waals surface area contributed by atoms with Crippen LogP contribution in [-0.2, 0) is 19.6 Å². The topological polar surface area (TPSA) is 55.8 Å². The van der Waals surface area contributed by atoms with Crippen LogP contribution in [0.3, 0.4) is 0 Å². The van der Waals surface area contributed by atoms with Gasteiger partial charge in [0.25, 0.3) is 0 Å². The molecule has 138 valence electrons. The van der Waals surface area contributed by atoms with E-state index in [1.807, 2.05) is 0 Å². The molecule has 1 atom stereocenters. The van der Waals surface area contributed by atoms with E-state index in [9.17, 15) is 14.3 Å². The Morgan fingerprint density at radius 1 is 1.27 bits per heavy atom. The summed E-state index contributed by atoms with van der Waals surface area (Å²) in [5.41, 5.74) is 4.33. The number of phenolic OH excluding ortho intramolecular Hbond substituents is 1. The second kappa shape index (κ2) is 7.33. The molecule has 5 nitrogen and oxygen atoms in total. The average Bonchev–Trinajstić information content (AvgIpc) is 2.96. The van der Waals surface area contributed by atoms with Crippen LogP contribution < -0.4 is 5.32 Å². The fourth-order valence-corrected chi connectivity index (χ4v) is 3.23. The van der Waals surface area contributed by atoms with E-state index in [2.05, 4.69) is 35.5 Å². The highest BCUT2D eigenvalue weighted by Crippen LogP contribution is 2.23. The first-order valence-electron chi connectivity index (χ1n) is 8.62. The van der Waals surface area contributed by atoms with E-state index in [0.29, 0.717) is 12.1 Å². The van der Waals surface area contributed by atoms with Gasteiger partial charge in [0, 0.05) is 26.7 Å². The molecule has 0 spiro atoms. The largest absolute Gasteiger partial charge is 0.505 e. The number of halogens is 1. The number of amides is 2. The first-order valence-corrected chi connectivity index (χ1v) is 8.62. The molecule has 0 fully saturated rings. The number of rotatable bonds is 4. The number of hydrogen-bond acceptors (Lipinski definition) is 3. The normalized spacial score (nSPS) is 14.8. The van der Waals surface area contributed by atoms with Crippen LogP contribution in [0.25, 0.3) is 0 Å². The summed E-state index contributed by atoms with van der Waals surface area (Å²) in [4.78, 5) is 16.3. The van der Waals surface area contributed by atoms with Crippen molar-refractivity contribution < 1.29 is 14.3 Å². The number of carbonyl (C=O) groups is 1. The molecule has 3 rings (SSSR count). The summed E-state index contributed by atoms with van der Waals surface area (Å²) in [6, 6.07) is 9.86. The third kappa shape index (κ3) is 3.96. The Morgan fingerprint density at radius 2 is 2.00 bits per heavy atom. The van der Waals surface area contributed by atoms with Gasteiger partial charge in [-0.25, -0.2) is 9.18 Å². The quantitative estimate of drug-likeness (QED) is 0.882. The summed E-state index contributed by atoms with van der Waals surface area (Å²) >= 11 is 0. The maximum atomic E-state index is 13.5. The van der Waals surface area contributed by atoms with Gasteiger partial charge in [-0.2, -0.15) is 0 Å². The zero-order valence-corrected chi connectivity index (χ0v) is 15.3. The summed E-state index contributed by atoms with van der Waals surface area (Å²) < 4.78 is 13.5. The second-order valence-corrected chi connectivity index (χ2v) is 7.01. The van der Waals surface area contributed by atoms with E-state index in [1.165, 1.54) is 23.3 Å². The minimum atomic E-state index is -0.694. The first-order chi connectivity index (χ1) is 12.3. The summed E-state index contributed by atoms with van der Waals surface area (Å²) in [7, 11) is 3.83. The molecule has 6 heteroatoms. The Morgan fingerprint density at radius 3 is 2.73 bits per heavy atom. The number of hydrogen-bond donors (Lipinski definition) is 2. The maximum Gasteiger partial charge on any atom is 0.317 e. The number of nitrogens with one attached hydrogen (secondary N) is 1. The van der Waals surface area contributed by atoms with Crippen LogP contribution in [-0.4, -0.2) is 35.0 Å². The van der Waals surface area contributed by atoms with Crippen molar-refractivity contribution in [3.63, 3.8) is 0 Å². The summed E-state index contributed by atoms with van der Waals surface area (Å²) in [5.74, 6) is -1.09. The zero-order valence-electron chi connectivity index (χ0n) is 15.3. The molecule has 0 unspecified atom stereocenters. The number of benzene rings is 2. The number of aromatic hydroxyl groups is 1. The SMILES string of the molecule is C[C@H](NC(=O)N(C)Cc1ccc2c(c1)CN(C)C2)c1ccc(O)c(F)c1. The van der Waals surface area contributed by atoms with Crippen molar-refractivity contribution in [2.24, 2.45) is 0 Å². The Hall–Kier alpha value is -2.60. The van der Waals surface area contributed by atoms with E-state index in [0.717, 1.165) is 18.7 Å². The van der Waals surface area contributed by atoms with Crippen LogP contribution in [0.4, 0.5) is 9.18 Å². The van der Waals surface area contributed by atoms with E-state index < -0.39 is 11.6 Å². The molecule has 0 radical (unpaired) electrons. The molecule has 1 heterocycles. The molecule has 0 saturated heterocycles. The van der Waals surface area contributed by atoms with Gasteiger partial charge < -0.3 is 15.3 Å². The molecule has 2 aromatic carbocycles. The van der Waals surface area contributed by atoms with Gasteiger partial charge in [0.2, 0.25) is 0 Å². The summed E-state index contributed by atoms with van der Waals surface area (Å²) in [5, 5.41) is 12.1. The van der Waals surface area contributed by atoms with Crippen molar-refractivity contribution in [1.29, 1.82) is 0 Å². The zero-order chi connectivity index (χ0) is 18.8. The Labute approximate surface area is 153 Å². The number of carbonyl (C=O) groups excluding carboxylic acids is 1. The number of nitrogens with zero attached hydrogens (tertiary/aromatic N) is 2. The fraction of sp³-hybridized carbons (Fsp3) is 0.350. The van der Waals surface area contributed by atoms with Crippen molar-refractivity contribution in [3.05, 3.63) is 64.5 Å². The molecular weight excluding hydrogens is 333 g/mol. The van der Waals surface area contributed by atoms with Gasteiger partial charge in [-0.05, 0) is 48.4 Å². The van der Waals surface area contributed by atoms with Crippen LogP contribution in [0.15, 0.2) is 36.4 Å². The van der Waals surface area contributed by atoms with Crippen LogP contribution in [0.5, 0.6) is 5.75 Å². The number of fused-ring (bicyclic) bond motifs is 1. The highest BCUT2D eigenvalue weighted by molar-refractivity contribution is 5.74. The standard InChI is InChI=1S/C20H24FN3O2/c1-13(15-6-7-19(25)18(21)9-15)22-20(26)24(3)10-14-4-5-16-11-23(2)12-17(16)8-14/h4-9,13,25H,10-12H2,1-3H3,(H,22,26)/t13-/m0/s1. The van der Waals surface area contributed by atoms with Gasteiger partial charge in [-0.1, -0.05) is 24.3 Å². The molecule has 2 aromatic rings. The van der Waals surface area contributed by atoms with E-state index in [4.69, 9.17) is 0 Å². The Balaban J connectivity index is 1.61.